The standard InChI is InChI=1S/C37H22BIN2O/c1-21-17-27-25-19-22(39)15-16-30(25)41-36(27)28(18-21)26-20-33-34(24-11-5-8-14-32(24)42-33)37-35(26)38(41)29-12-6-7-13-31(29)40(37)23-9-3-2-4-10-23/h2-20H,1H3. The van der Waals surface area contributed by atoms with Crippen molar-refractivity contribution in [3.05, 3.63) is 124 Å². The normalized spacial score (nSPS) is 13.4. The van der Waals surface area contributed by atoms with Gasteiger partial charge in [0, 0.05) is 47.7 Å². The van der Waals surface area contributed by atoms with E-state index in [9.17, 15) is 0 Å². The number of para-hydroxylation sites is 3. The number of benzene rings is 6. The van der Waals surface area contributed by atoms with Gasteiger partial charge in [0.2, 0.25) is 0 Å². The van der Waals surface area contributed by atoms with Gasteiger partial charge in [-0.3, -0.25) is 0 Å². The summed E-state index contributed by atoms with van der Waals surface area (Å²) < 4.78 is 10.5. The summed E-state index contributed by atoms with van der Waals surface area (Å²) in [6.45, 7) is 2.25. The van der Waals surface area contributed by atoms with Crippen LogP contribution in [0, 0.1) is 10.5 Å². The molecule has 5 heteroatoms. The first-order valence-corrected chi connectivity index (χ1v) is 15.4. The molecule has 196 valence electrons. The Balaban J connectivity index is 1.49. The Labute approximate surface area is 256 Å². The molecule has 0 bridgehead atoms. The van der Waals surface area contributed by atoms with Crippen LogP contribution in [0.5, 0.6) is 0 Å². The quantitative estimate of drug-likeness (QED) is 0.131. The second-order valence-corrected chi connectivity index (χ2v) is 12.8. The minimum absolute atomic E-state index is 0.0273. The third-order valence-electron chi connectivity index (χ3n) is 9.22. The van der Waals surface area contributed by atoms with E-state index in [4.69, 9.17) is 4.42 Å². The van der Waals surface area contributed by atoms with E-state index in [0.29, 0.717) is 0 Å². The third-order valence-corrected chi connectivity index (χ3v) is 9.89. The van der Waals surface area contributed by atoms with Gasteiger partial charge in [-0.15, -0.1) is 0 Å². The predicted molar refractivity (Wildman–Crippen MR) is 185 cm³/mol. The molecule has 0 atom stereocenters. The van der Waals surface area contributed by atoms with Crippen LogP contribution < -0.4 is 15.8 Å². The zero-order valence-corrected chi connectivity index (χ0v) is 24.9. The molecule has 0 amide bonds. The average molecular weight is 648 g/mol. The highest BCUT2D eigenvalue weighted by molar-refractivity contribution is 14.1. The van der Waals surface area contributed by atoms with E-state index in [1.54, 1.807) is 0 Å². The summed E-state index contributed by atoms with van der Waals surface area (Å²) in [6.07, 6.45) is 0. The summed E-state index contributed by atoms with van der Waals surface area (Å²) in [7, 11) is 0. The Morgan fingerprint density at radius 3 is 2.40 bits per heavy atom. The average Bonchev–Trinajstić information content (AvgIpc) is 3.55. The summed E-state index contributed by atoms with van der Waals surface area (Å²) in [5, 5.41) is 4.95. The molecule has 0 spiro atoms. The molecule has 0 N–H and O–H groups in total. The van der Waals surface area contributed by atoms with Crippen LogP contribution in [0.25, 0.3) is 54.9 Å². The Kier molecular flexibility index (Phi) is 4.45. The lowest BCUT2D eigenvalue weighted by Gasteiger charge is -2.40. The number of fused-ring (bicyclic) bond motifs is 11. The number of aryl methyl sites for hydroxylation is 1. The van der Waals surface area contributed by atoms with Crippen LogP contribution >= 0.6 is 22.6 Å². The van der Waals surface area contributed by atoms with Crippen molar-refractivity contribution >= 4 is 101 Å². The van der Waals surface area contributed by atoms with E-state index in [2.05, 4.69) is 154 Å². The Bertz CT molecular complexity index is 2460. The SMILES string of the molecule is Cc1cc2c3c(c1)c1cc(I)ccc1n3B1c3ccccc3N(c3ccccc3)c3c1c-2cc1oc2ccccc2c31. The van der Waals surface area contributed by atoms with Crippen LogP contribution in [0.2, 0.25) is 0 Å². The first-order chi connectivity index (χ1) is 20.7. The zero-order chi connectivity index (χ0) is 27.7. The zero-order valence-electron chi connectivity index (χ0n) is 22.7. The summed E-state index contributed by atoms with van der Waals surface area (Å²) >= 11 is 2.44. The largest absolute Gasteiger partial charge is 0.456 e. The first-order valence-electron chi connectivity index (χ1n) is 14.3. The number of hydrogen-bond acceptors (Lipinski definition) is 2. The molecular weight excluding hydrogens is 626 g/mol. The Morgan fingerprint density at radius 1 is 0.690 bits per heavy atom. The van der Waals surface area contributed by atoms with Crippen molar-refractivity contribution in [1.82, 2.24) is 4.48 Å². The second-order valence-electron chi connectivity index (χ2n) is 11.5. The molecule has 0 fully saturated rings. The Hall–Kier alpha value is -4.49. The number of aromatic nitrogens is 1. The van der Waals surface area contributed by atoms with Crippen molar-refractivity contribution < 1.29 is 4.42 Å². The number of halogens is 1. The van der Waals surface area contributed by atoms with Gasteiger partial charge in [0.1, 0.15) is 11.2 Å². The summed E-state index contributed by atoms with van der Waals surface area (Å²) in [6, 6.07) is 42.2. The van der Waals surface area contributed by atoms with Gasteiger partial charge in [0.25, 0.3) is 0 Å². The Morgan fingerprint density at radius 2 is 1.50 bits per heavy atom. The second kappa shape index (κ2) is 8.08. The number of hydrogen-bond donors (Lipinski definition) is 0. The minimum atomic E-state index is 0.0273. The van der Waals surface area contributed by atoms with Crippen molar-refractivity contribution in [2.24, 2.45) is 0 Å². The van der Waals surface area contributed by atoms with Gasteiger partial charge in [-0.05, 0) is 112 Å². The van der Waals surface area contributed by atoms with Crippen molar-refractivity contribution in [2.75, 3.05) is 4.90 Å². The fraction of sp³-hybridized carbons (Fsp3) is 0.0270. The highest BCUT2D eigenvalue weighted by atomic mass is 127. The summed E-state index contributed by atoms with van der Waals surface area (Å²) in [5.41, 5.74) is 14.5. The molecule has 0 aliphatic carbocycles. The highest BCUT2D eigenvalue weighted by Crippen LogP contribution is 2.49. The molecule has 0 radical (unpaired) electrons. The minimum Gasteiger partial charge on any atom is -0.456 e. The fourth-order valence-corrected chi connectivity index (χ4v) is 8.19. The molecule has 8 aromatic rings. The molecule has 2 aliphatic heterocycles. The molecule has 0 saturated carbocycles. The van der Waals surface area contributed by atoms with Gasteiger partial charge < -0.3 is 13.8 Å². The fourth-order valence-electron chi connectivity index (χ4n) is 7.70. The molecule has 6 aromatic carbocycles. The van der Waals surface area contributed by atoms with Gasteiger partial charge >= 0.3 is 6.85 Å². The van der Waals surface area contributed by atoms with Gasteiger partial charge in [-0.25, -0.2) is 0 Å². The van der Waals surface area contributed by atoms with Crippen molar-refractivity contribution in [2.45, 2.75) is 6.92 Å². The predicted octanol–water partition coefficient (Wildman–Crippen LogP) is 9.02. The highest BCUT2D eigenvalue weighted by Gasteiger charge is 2.44. The van der Waals surface area contributed by atoms with Crippen LogP contribution in [0.1, 0.15) is 5.56 Å². The number of furan rings is 1. The maximum Gasteiger partial charge on any atom is 0.333 e. The monoisotopic (exact) mass is 648 g/mol. The van der Waals surface area contributed by atoms with E-state index >= 15 is 0 Å². The summed E-state index contributed by atoms with van der Waals surface area (Å²) in [5.74, 6) is 0. The molecule has 10 rings (SSSR count). The van der Waals surface area contributed by atoms with Gasteiger partial charge in [0.15, 0.2) is 0 Å². The summed E-state index contributed by atoms with van der Waals surface area (Å²) in [4.78, 5) is 2.47. The molecule has 2 aromatic heterocycles. The van der Waals surface area contributed by atoms with Gasteiger partial charge in [0.05, 0.1) is 11.1 Å². The number of rotatable bonds is 1. The van der Waals surface area contributed by atoms with E-state index in [1.807, 2.05) is 0 Å². The maximum atomic E-state index is 6.65. The molecule has 0 unspecified atom stereocenters. The van der Waals surface area contributed by atoms with Crippen LogP contribution in [-0.4, -0.2) is 11.3 Å². The molecule has 42 heavy (non-hydrogen) atoms. The first kappa shape index (κ1) is 23.1. The van der Waals surface area contributed by atoms with Crippen molar-refractivity contribution in [3.8, 4) is 11.1 Å². The third kappa shape index (κ3) is 2.82. The lowest BCUT2D eigenvalue weighted by atomic mass is 9.45. The maximum absolute atomic E-state index is 6.65. The number of anilines is 3. The topological polar surface area (TPSA) is 21.3 Å². The van der Waals surface area contributed by atoms with Crippen LogP contribution in [-0.2, 0) is 0 Å². The van der Waals surface area contributed by atoms with E-state index < -0.39 is 0 Å². The van der Waals surface area contributed by atoms with Gasteiger partial charge in [-0.2, -0.15) is 0 Å². The van der Waals surface area contributed by atoms with Crippen LogP contribution in [0.15, 0.2) is 120 Å². The molecule has 2 aliphatic rings. The van der Waals surface area contributed by atoms with E-state index in [0.717, 1.165) is 22.2 Å². The lowest BCUT2D eigenvalue weighted by molar-refractivity contribution is 0.669. The molecular formula is C37H22BIN2O. The van der Waals surface area contributed by atoms with Crippen molar-refractivity contribution in [3.63, 3.8) is 0 Å². The van der Waals surface area contributed by atoms with Crippen LogP contribution in [0.4, 0.5) is 17.1 Å². The smallest absolute Gasteiger partial charge is 0.333 e. The lowest BCUT2D eigenvalue weighted by Crippen LogP contribution is -2.56. The number of nitrogens with zero attached hydrogens (tertiary/aromatic N) is 2. The van der Waals surface area contributed by atoms with Crippen LogP contribution in [0.3, 0.4) is 0 Å². The van der Waals surface area contributed by atoms with Gasteiger partial charge in [-0.1, -0.05) is 54.6 Å². The van der Waals surface area contributed by atoms with Crippen molar-refractivity contribution in [1.29, 1.82) is 0 Å². The molecule has 0 saturated heterocycles. The molecule has 3 nitrogen and oxygen atoms in total. The van der Waals surface area contributed by atoms with E-state index in [1.165, 1.54) is 69.8 Å². The van der Waals surface area contributed by atoms with E-state index in [-0.39, 0.29) is 6.85 Å². The molecule has 4 heterocycles.